The Labute approximate surface area is 223 Å². The summed E-state index contributed by atoms with van der Waals surface area (Å²) in [6, 6.07) is 14.4. The summed E-state index contributed by atoms with van der Waals surface area (Å²) >= 11 is 12.5. The van der Waals surface area contributed by atoms with E-state index in [0.29, 0.717) is 27.8 Å². The Bertz CT molecular complexity index is 1420. The number of rotatable bonds is 8. The summed E-state index contributed by atoms with van der Waals surface area (Å²) in [5, 5.41) is 17.2. The number of carboxylic acid groups (broad SMARTS) is 1. The van der Waals surface area contributed by atoms with Gasteiger partial charge in [-0.05, 0) is 54.1 Å². The van der Waals surface area contributed by atoms with Crippen molar-refractivity contribution in [1.82, 2.24) is 15.1 Å². The number of benzene rings is 2. The van der Waals surface area contributed by atoms with E-state index in [9.17, 15) is 9.59 Å². The minimum absolute atomic E-state index is 0.0497. The molecule has 2 heterocycles. The number of allylic oxidation sites excluding steroid dienone is 2. The number of ether oxygens (including phenoxy) is 1. The van der Waals surface area contributed by atoms with Gasteiger partial charge in [-0.15, -0.1) is 0 Å². The molecule has 2 aliphatic rings. The van der Waals surface area contributed by atoms with E-state index >= 15 is 0 Å². The van der Waals surface area contributed by atoms with Crippen LogP contribution in [-0.2, 0) is 16.1 Å². The summed E-state index contributed by atoms with van der Waals surface area (Å²) in [6.07, 6.45) is 10.1. The molecule has 188 valence electrons. The van der Waals surface area contributed by atoms with Gasteiger partial charge < -0.3 is 15.2 Å². The number of nitrogens with one attached hydrogen (secondary N) is 1. The van der Waals surface area contributed by atoms with Crippen LogP contribution in [0.25, 0.3) is 17.0 Å². The Kier molecular flexibility index (Phi) is 7.17. The number of carbonyl (C=O) groups excluding carboxylic acids is 1. The Morgan fingerprint density at radius 3 is 2.46 bits per heavy atom. The molecule has 0 saturated heterocycles. The lowest BCUT2D eigenvalue weighted by Gasteiger charge is -2.15. The van der Waals surface area contributed by atoms with Gasteiger partial charge in [-0.2, -0.15) is 5.10 Å². The first-order valence-electron chi connectivity index (χ1n) is 11.7. The lowest BCUT2D eigenvalue weighted by molar-refractivity contribution is -0.136. The molecular formula is C28H23Cl2N3O4. The molecule has 0 bridgehead atoms. The highest BCUT2D eigenvalue weighted by molar-refractivity contribution is 6.35. The van der Waals surface area contributed by atoms with Gasteiger partial charge in [0.05, 0.1) is 18.7 Å². The Morgan fingerprint density at radius 2 is 1.76 bits per heavy atom. The average Bonchev–Trinajstić information content (AvgIpc) is 3.48. The molecule has 2 aromatic carbocycles. The number of fused-ring (bicyclic) bond motifs is 1. The standard InChI is InChI=1S/C28H23Cl2N3O4/c29-21-11-20(12-22(30)14-21)23-15-24(26-13-19-3-1-2-4-25(19)37-26)33(32-23)16-17-5-7-18(8-6-17)28(36)31-10-9-27(34)35/h1-8,11-15,19,25H,9-10,16H2,(H,31,36)(H,34,35). The van der Waals surface area contributed by atoms with E-state index in [1.807, 2.05) is 53.2 Å². The van der Waals surface area contributed by atoms with Gasteiger partial charge in [-0.25, -0.2) is 0 Å². The zero-order chi connectivity index (χ0) is 25.9. The van der Waals surface area contributed by atoms with Gasteiger partial charge in [0.25, 0.3) is 5.91 Å². The molecule has 37 heavy (non-hydrogen) atoms. The summed E-state index contributed by atoms with van der Waals surface area (Å²) in [5.41, 5.74) is 3.70. The maximum absolute atomic E-state index is 12.3. The molecule has 1 amide bonds. The van der Waals surface area contributed by atoms with Crippen molar-refractivity contribution in [2.75, 3.05) is 6.54 Å². The van der Waals surface area contributed by atoms with Crippen molar-refractivity contribution in [1.29, 1.82) is 0 Å². The van der Waals surface area contributed by atoms with Crippen molar-refractivity contribution < 1.29 is 19.4 Å². The van der Waals surface area contributed by atoms with Gasteiger partial charge in [0.1, 0.15) is 17.6 Å². The molecule has 0 spiro atoms. The molecule has 3 aromatic rings. The Morgan fingerprint density at radius 1 is 1.03 bits per heavy atom. The molecular weight excluding hydrogens is 513 g/mol. The molecule has 1 aliphatic carbocycles. The van der Waals surface area contributed by atoms with Gasteiger partial charge in [-0.3, -0.25) is 14.3 Å². The van der Waals surface area contributed by atoms with Crippen LogP contribution in [0, 0.1) is 5.92 Å². The van der Waals surface area contributed by atoms with Crippen LogP contribution >= 0.6 is 23.2 Å². The average molecular weight is 536 g/mol. The molecule has 2 unspecified atom stereocenters. The van der Waals surface area contributed by atoms with E-state index in [0.717, 1.165) is 22.6 Å². The largest absolute Gasteiger partial charge is 0.483 e. The van der Waals surface area contributed by atoms with Crippen molar-refractivity contribution in [3.8, 4) is 11.3 Å². The molecule has 0 fully saturated rings. The minimum atomic E-state index is -0.960. The SMILES string of the molecule is O=C(O)CCNC(=O)c1ccc(Cn2nc(-c3cc(Cl)cc(Cl)c3)cc2C2=CC3C=CC=CC3O2)cc1. The van der Waals surface area contributed by atoms with Crippen molar-refractivity contribution in [2.45, 2.75) is 19.1 Å². The van der Waals surface area contributed by atoms with Crippen LogP contribution < -0.4 is 5.32 Å². The van der Waals surface area contributed by atoms with Crippen LogP contribution in [0.3, 0.4) is 0 Å². The molecule has 9 heteroatoms. The van der Waals surface area contributed by atoms with Crippen LogP contribution in [0.15, 0.2) is 78.9 Å². The van der Waals surface area contributed by atoms with E-state index in [1.165, 1.54) is 0 Å². The third-order valence-corrected chi connectivity index (χ3v) is 6.53. The van der Waals surface area contributed by atoms with Gasteiger partial charge in [0, 0.05) is 33.6 Å². The smallest absolute Gasteiger partial charge is 0.305 e. The van der Waals surface area contributed by atoms with Crippen LogP contribution in [0.4, 0.5) is 0 Å². The normalized spacial score (nSPS) is 17.7. The van der Waals surface area contributed by atoms with Crippen LogP contribution in [0.5, 0.6) is 0 Å². The monoisotopic (exact) mass is 535 g/mol. The van der Waals surface area contributed by atoms with E-state index in [2.05, 4.69) is 17.5 Å². The number of carboxylic acids is 1. The number of hydrogen-bond acceptors (Lipinski definition) is 4. The highest BCUT2D eigenvalue weighted by atomic mass is 35.5. The maximum Gasteiger partial charge on any atom is 0.305 e. The fourth-order valence-corrected chi connectivity index (χ4v) is 4.80. The fourth-order valence-electron chi connectivity index (χ4n) is 4.28. The molecule has 0 radical (unpaired) electrons. The number of hydrogen-bond donors (Lipinski definition) is 2. The fraction of sp³-hybridized carbons (Fsp3) is 0.179. The van der Waals surface area contributed by atoms with Crippen molar-refractivity contribution >= 4 is 40.8 Å². The molecule has 7 nitrogen and oxygen atoms in total. The number of aromatic nitrogens is 2. The number of carbonyl (C=O) groups is 2. The van der Waals surface area contributed by atoms with Gasteiger partial charge in [-0.1, -0.05) is 53.6 Å². The Hall–Kier alpha value is -3.81. The van der Waals surface area contributed by atoms with Crippen LogP contribution in [0.1, 0.15) is 28.0 Å². The first kappa shape index (κ1) is 24.9. The summed E-state index contributed by atoms with van der Waals surface area (Å²) in [7, 11) is 0. The lowest BCUT2D eigenvalue weighted by Crippen LogP contribution is -2.25. The summed E-state index contributed by atoms with van der Waals surface area (Å²) < 4.78 is 8.11. The number of amides is 1. The number of nitrogens with zero attached hydrogens (tertiary/aromatic N) is 2. The van der Waals surface area contributed by atoms with Gasteiger partial charge >= 0.3 is 5.97 Å². The predicted octanol–water partition coefficient (Wildman–Crippen LogP) is 5.59. The number of halogens is 2. The second-order valence-corrected chi connectivity index (χ2v) is 9.66. The molecule has 5 rings (SSSR count). The summed E-state index contributed by atoms with van der Waals surface area (Å²) in [4.78, 5) is 22.9. The Balaban J connectivity index is 1.42. The maximum atomic E-state index is 12.3. The van der Waals surface area contributed by atoms with Gasteiger partial charge in [0.2, 0.25) is 0 Å². The molecule has 1 aliphatic heterocycles. The highest BCUT2D eigenvalue weighted by Crippen LogP contribution is 2.36. The minimum Gasteiger partial charge on any atom is -0.483 e. The van der Waals surface area contributed by atoms with E-state index in [1.54, 1.807) is 18.2 Å². The topological polar surface area (TPSA) is 93.5 Å². The van der Waals surface area contributed by atoms with E-state index < -0.39 is 5.97 Å². The zero-order valence-corrected chi connectivity index (χ0v) is 21.1. The summed E-state index contributed by atoms with van der Waals surface area (Å²) in [5.74, 6) is -0.377. The van der Waals surface area contributed by atoms with Crippen molar-refractivity contribution in [3.05, 3.63) is 106 Å². The van der Waals surface area contributed by atoms with E-state index in [-0.39, 0.29) is 30.9 Å². The van der Waals surface area contributed by atoms with Crippen molar-refractivity contribution in [2.24, 2.45) is 5.92 Å². The first-order chi connectivity index (χ1) is 17.9. The van der Waals surface area contributed by atoms with E-state index in [4.69, 9.17) is 38.1 Å². The second-order valence-electron chi connectivity index (χ2n) is 8.79. The third-order valence-electron chi connectivity index (χ3n) is 6.10. The van der Waals surface area contributed by atoms with Crippen molar-refractivity contribution in [3.63, 3.8) is 0 Å². The first-order valence-corrected chi connectivity index (χ1v) is 12.5. The molecule has 2 atom stereocenters. The molecule has 0 saturated carbocycles. The van der Waals surface area contributed by atoms with Gasteiger partial charge in [0.15, 0.2) is 0 Å². The number of aliphatic carboxylic acids is 1. The third kappa shape index (κ3) is 5.79. The lowest BCUT2D eigenvalue weighted by atomic mass is 9.99. The molecule has 1 aromatic heterocycles. The second kappa shape index (κ2) is 10.7. The quantitative estimate of drug-likeness (QED) is 0.392. The zero-order valence-electron chi connectivity index (χ0n) is 19.6. The summed E-state index contributed by atoms with van der Waals surface area (Å²) in [6.45, 7) is 0.511. The van der Waals surface area contributed by atoms with Crippen LogP contribution in [-0.4, -0.2) is 39.4 Å². The van der Waals surface area contributed by atoms with Crippen LogP contribution in [0.2, 0.25) is 10.0 Å². The molecule has 2 N–H and O–H groups in total. The predicted molar refractivity (Wildman–Crippen MR) is 142 cm³/mol. The highest BCUT2D eigenvalue weighted by Gasteiger charge is 2.29.